The Labute approximate surface area is 102 Å². The first-order chi connectivity index (χ1) is 8.13. The summed E-state index contributed by atoms with van der Waals surface area (Å²) in [6.07, 6.45) is 0.252. The lowest BCUT2D eigenvalue weighted by Gasteiger charge is -2.03. The summed E-state index contributed by atoms with van der Waals surface area (Å²) in [4.78, 5) is 11.7. The number of thioether (sulfide) groups is 1. The lowest BCUT2D eigenvalue weighted by Crippen LogP contribution is -2.25. The highest BCUT2D eigenvalue weighted by atomic mass is 32.2. The third-order valence-electron chi connectivity index (χ3n) is 1.82. The van der Waals surface area contributed by atoms with E-state index in [0.29, 0.717) is 11.4 Å². The molecular formula is C11H10F2N2OS. The smallest absolute Gasteiger partial charge is 0.230 e. The number of hydrogen-bond donors (Lipinski definition) is 1. The molecule has 0 bridgehead atoms. The maximum atomic E-state index is 12.8. The number of nitrogens with one attached hydrogen (secondary N) is 1. The standard InChI is InChI=1S/C11H10F2N2OS/c12-9-3-2-8(6-10(9)13)17-7-11(16)15-5-1-4-14/h2-3,6H,1,5,7H2,(H,15,16). The van der Waals surface area contributed by atoms with Gasteiger partial charge in [-0.05, 0) is 18.2 Å². The van der Waals surface area contributed by atoms with Gasteiger partial charge in [0, 0.05) is 11.4 Å². The molecule has 0 atom stereocenters. The Hall–Kier alpha value is -1.61. The third kappa shape index (κ3) is 4.83. The van der Waals surface area contributed by atoms with Gasteiger partial charge in [-0.25, -0.2) is 8.78 Å². The monoisotopic (exact) mass is 256 g/mol. The van der Waals surface area contributed by atoms with Gasteiger partial charge in [-0.3, -0.25) is 4.79 Å². The Morgan fingerprint density at radius 3 is 2.82 bits per heavy atom. The van der Waals surface area contributed by atoms with Crippen LogP contribution in [0, 0.1) is 23.0 Å². The third-order valence-corrected chi connectivity index (χ3v) is 2.81. The minimum atomic E-state index is -0.931. The summed E-state index contributed by atoms with van der Waals surface area (Å²) in [5.74, 6) is -1.97. The Morgan fingerprint density at radius 2 is 2.18 bits per heavy atom. The summed E-state index contributed by atoms with van der Waals surface area (Å²) in [5.41, 5.74) is 0. The van der Waals surface area contributed by atoms with Crippen molar-refractivity contribution in [3.63, 3.8) is 0 Å². The molecular weight excluding hydrogens is 246 g/mol. The molecule has 0 unspecified atom stereocenters. The highest BCUT2D eigenvalue weighted by Gasteiger charge is 2.05. The van der Waals surface area contributed by atoms with Gasteiger partial charge >= 0.3 is 0 Å². The molecule has 90 valence electrons. The molecule has 0 aliphatic carbocycles. The van der Waals surface area contributed by atoms with E-state index in [9.17, 15) is 13.6 Å². The first-order valence-electron chi connectivity index (χ1n) is 4.85. The second kappa shape index (κ2) is 6.86. The SMILES string of the molecule is N#CCCNC(=O)CSc1ccc(F)c(F)c1. The highest BCUT2D eigenvalue weighted by Crippen LogP contribution is 2.19. The maximum Gasteiger partial charge on any atom is 0.230 e. The molecule has 0 heterocycles. The number of carbonyl (C=O) groups is 1. The second-order valence-electron chi connectivity index (χ2n) is 3.12. The van der Waals surface area contributed by atoms with E-state index in [4.69, 9.17) is 5.26 Å². The van der Waals surface area contributed by atoms with Gasteiger partial charge in [-0.15, -0.1) is 11.8 Å². The van der Waals surface area contributed by atoms with Crippen LogP contribution in [0.1, 0.15) is 6.42 Å². The van der Waals surface area contributed by atoms with Crippen molar-refractivity contribution >= 4 is 17.7 Å². The fraction of sp³-hybridized carbons (Fsp3) is 0.273. The van der Waals surface area contributed by atoms with E-state index in [1.165, 1.54) is 6.07 Å². The van der Waals surface area contributed by atoms with Crippen LogP contribution >= 0.6 is 11.8 Å². The van der Waals surface area contributed by atoms with Crippen molar-refractivity contribution in [1.29, 1.82) is 5.26 Å². The molecule has 0 spiro atoms. The van der Waals surface area contributed by atoms with Gasteiger partial charge < -0.3 is 5.32 Å². The van der Waals surface area contributed by atoms with Crippen molar-refractivity contribution in [3.05, 3.63) is 29.8 Å². The van der Waals surface area contributed by atoms with Crippen LogP contribution in [0.4, 0.5) is 8.78 Å². The van der Waals surface area contributed by atoms with Crippen molar-refractivity contribution in [3.8, 4) is 6.07 Å². The Bertz CT molecular complexity index is 446. The Kier molecular flexibility index (Phi) is 5.43. The first-order valence-corrected chi connectivity index (χ1v) is 5.83. The van der Waals surface area contributed by atoms with Crippen molar-refractivity contribution in [1.82, 2.24) is 5.32 Å². The second-order valence-corrected chi connectivity index (χ2v) is 4.17. The zero-order valence-corrected chi connectivity index (χ0v) is 9.69. The molecule has 0 fully saturated rings. The van der Waals surface area contributed by atoms with E-state index < -0.39 is 11.6 Å². The molecule has 3 nitrogen and oxygen atoms in total. The zero-order chi connectivity index (χ0) is 12.7. The summed E-state index contributed by atoms with van der Waals surface area (Å²) in [6.45, 7) is 0.299. The minimum Gasteiger partial charge on any atom is -0.354 e. The van der Waals surface area contributed by atoms with Crippen LogP contribution in [-0.4, -0.2) is 18.2 Å². The molecule has 1 rings (SSSR count). The van der Waals surface area contributed by atoms with Crippen LogP contribution in [0.15, 0.2) is 23.1 Å². The molecule has 1 N–H and O–H groups in total. The average Bonchev–Trinajstić information content (AvgIpc) is 2.31. The molecule has 1 aromatic rings. The van der Waals surface area contributed by atoms with Crippen molar-refractivity contribution < 1.29 is 13.6 Å². The molecule has 1 aromatic carbocycles. The van der Waals surface area contributed by atoms with Gasteiger partial charge in [0.05, 0.1) is 18.2 Å². The van der Waals surface area contributed by atoms with E-state index in [1.54, 1.807) is 0 Å². The number of rotatable bonds is 5. The number of hydrogen-bond acceptors (Lipinski definition) is 3. The summed E-state index contributed by atoms with van der Waals surface area (Å²) < 4.78 is 25.4. The fourth-order valence-corrected chi connectivity index (χ4v) is 1.78. The number of carbonyl (C=O) groups excluding carboxylic acids is 1. The average molecular weight is 256 g/mol. The van der Waals surface area contributed by atoms with Gasteiger partial charge in [-0.1, -0.05) is 0 Å². The van der Waals surface area contributed by atoms with Crippen LogP contribution in [0.3, 0.4) is 0 Å². The van der Waals surface area contributed by atoms with Crippen molar-refractivity contribution in [2.24, 2.45) is 0 Å². The molecule has 6 heteroatoms. The summed E-state index contributed by atoms with van der Waals surface area (Å²) >= 11 is 1.11. The fourth-order valence-electron chi connectivity index (χ4n) is 1.02. The van der Waals surface area contributed by atoms with Gasteiger partial charge in [0.25, 0.3) is 0 Å². The lowest BCUT2D eigenvalue weighted by atomic mass is 10.3. The summed E-state index contributed by atoms with van der Waals surface area (Å²) in [7, 11) is 0. The largest absolute Gasteiger partial charge is 0.354 e. The first kappa shape index (κ1) is 13.5. The zero-order valence-electron chi connectivity index (χ0n) is 8.87. The van der Waals surface area contributed by atoms with Crippen LogP contribution < -0.4 is 5.32 Å². The van der Waals surface area contributed by atoms with E-state index in [0.717, 1.165) is 23.9 Å². The molecule has 0 aliphatic heterocycles. The topological polar surface area (TPSA) is 52.9 Å². The van der Waals surface area contributed by atoms with E-state index >= 15 is 0 Å². The van der Waals surface area contributed by atoms with Crippen molar-refractivity contribution in [2.75, 3.05) is 12.3 Å². The van der Waals surface area contributed by atoms with Crippen molar-refractivity contribution in [2.45, 2.75) is 11.3 Å². The molecule has 17 heavy (non-hydrogen) atoms. The Balaban J connectivity index is 2.37. The quantitative estimate of drug-likeness (QED) is 0.648. The lowest BCUT2D eigenvalue weighted by molar-refractivity contribution is -0.118. The number of nitrogens with zero attached hydrogens (tertiary/aromatic N) is 1. The van der Waals surface area contributed by atoms with Gasteiger partial charge in [0.1, 0.15) is 0 Å². The molecule has 1 amide bonds. The van der Waals surface area contributed by atoms with Gasteiger partial charge in [0.2, 0.25) is 5.91 Å². The minimum absolute atomic E-state index is 0.108. The predicted molar refractivity (Wildman–Crippen MR) is 60.3 cm³/mol. The number of amides is 1. The summed E-state index contributed by atoms with van der Waals surface area (Å²) in [6, 6.07) is 5.37. The molecule has 0 aromatic heterocycles. The highest BCUT2D eigenvalue weighted by molar-refractivity contribution is 8.00. The van der Waals surface area contributed by atoms with Gasteiger partial charge in [-0.2, -0.15) is 5.26 Å². The normalized spacial score (nSPS) is 9.71. The molecule has 0 radical (unpaired) electrons. The molecule has 0 aliphatic rings. The van der Waals surface area contributed by atoms with Crippen LogP contribution in [0.5, 0.6) is 0 Å². The van der Waals surface area contributed by atoms with Crippen LogP contribution in [0.25, 0.3) is 0 Å². The Morgan fingerprint density at radius 1 is 1.41 bits per heavy atom. The van der Waals surface area contributed by atoms with E-state index in [-0.39, 0.29) is 18.1 Å². The number of benzene rings is 1. The molecule has 0 saturated carbocycles. The predicted octanol–water partition coefficient (Wildman–Crippen LogP) is 2.09. The van der Waals surface area contributed by atoms with Gasteiger partial charge in [0.15, 0.2) is 11.6 Å². The van der Waals surface area contributed by atoms with Crippen LogP contribution in [-0.2, 0) is 4.79 Å². The maximum absolute atomic E-state index is 12.8. The summed E-state index contributed by atoms with van der Waals surface area (Å²) in [5, 5.41) is 10.8. The number of nitriles is 1. The number of halogens is 2. The van der Waals surface area contributed by atoms with E-state index in [2.05, 4.69) is 5.32 Å². The van der Waals surface area contributed by atoms with Crippen LogP contribution in [0.2, 0.25) is 0 Å². The molecule has 0 saturated heterocycles. The van der Waals surface area contributed by atoms with E-state index in [1.807, 2.05) is 6.07 Å².